The molecule has 13 heavy (non-hydrogen) atoms. The lowest BCUT2D eigenvalue weighted by molar-refractivity contribution is -0.729. The zero-order valence-electron chi connectivity index (χ0n) is 7.51. The summed E-state index contributed by atoms with van der Waals surface area (Å²) in [5.41, 5.74) is 2.16. The smallest absolute Gasteiger partial charge is 0.0934 e. The van der Waals surface area contributed by atoms with Crippen LogP contribution in [0.5, 0.6) is 0 Å². The summed E-state index contributed by atoms with van der Waals surface area (Å²) in [5, 5.41) is 4.36. The molecule has 0 bridgehead atoms. The molecule has 1 aromatic carbocycles. The van der Waals surface area contributed by atoms with Crippen LogP contribution in [0.25, 0.3) is 11.3 Å². The van der Waals surface area contributed by atoms with Crippen LogP contribution in [0, 0.1) is 0 Å². The zero-order valence-corrected chi connectivity index (χ0v) is 7.51. The molecule has 2 rings (SSSR count). The topological polar surface area (TPSA) is 16.8 Å². The van der Waals surface area contributed by atoms with E-state index in [1.54, 1.807) is 0 Å². The first-order valence-electron chi connectivity index (χ1n) is 4.25. The van der Waals surface area contributed by atoms with Gasteiger partial charge in [0.25, 0.3) is 0 Å². The minimum absolute atomic E-state index is 1.01. The number of aryl methyl sites for hydroxylation is 1. The summed E-state index contributed by atoms with van der Waals surface area (Å²) in [4.78, 5) is 0. The van der Waals surface area contributed by atoms with Gasteiger partial charge in [-0.05, 0) is 11.2 Å². The molecule has 0 radical (unpaired) electrons. The first-order valence-corrected chi connectivity index (χ1v) is 4.25. The fourth-order valence-electron chi connectivity index (χ4n) is 1.26. The quantitative estimate of drug-likeness (QED) is 0.595. The number of hydrogen-bond acceptors (Lipinski definition) is 1. The van der Waals surface area contributed by atoms with Gasteiger partial charge in [0.2, 0.25) is 0 Å². The van der Waals surface area contributed by atoms with E-state index in [0.717, 1.165) is 11.3 Å². The van der Waals surface area contributed by atoms with Crippen LogP contribution in [-0.4, -0.2) is 5.10 Å². The minimum atomic E-state index is 1.01. The van der Waals surface area contributed by atoms with Gasteiger partial charge in [0, 0.05) is 11.6 Å². The standard InChI is InChI=1S/C11H11N2/c1-13-9-5-8-11(12-13)10-6-3-2-4-7-10/h2-9H,1H3/q+1. The first-order chi connectivity index (χ1) is 6.36. The molecule has 1 aromatic heterocycles. The summed E-state index contributed by atoms with van der Waals surface area (Å²) in [5.74, 6) is 0. The highest BCUT2D eigenvalue weighted by Crippen LogP contribution is 2.13. The maximum Gasteiger partial charge on any atom is 0.196 e. The van der Waals surface area contributed by atoms with E-state index in [1.165, 1.54) is 0 Å². The Labute approximate surface area is 77.5 Å². The van der Waals surface area contributed by atoms with E-state index in [9.17, 15) is 0 Å². The van der Waals surface area contributed by atoms with Gasteiger partial charge in [-0.2, -0.15) is 0 Å². The van der Waals surface area contributed by atoms with Crippen molar-refractivity contribution in [3.05, 3.63) is 48.7 Å². The second-order valence-electron chi connectivity index (χ2n) is 2.93. The molecule has 64 valence electrons. The van der Waals surface area contributed by atoms with E-state index in [1.807, 2.05) is 48.3 Å². The van der Waals surface area contributed by atoms with Gasteiger partial charge in [0.1, 0.15) is 5.69 Å². The molecule has 0 saturated heterocycles. The van der Waals surface area contributed by atoms with Gasteiger partial charge in [-0.25, -0.2) is 0 Å². The lowest BCUT2D eigenvalue weighted by Gasteiger charge is -1.95. The number of hydrogen-bond donors (Lipinski definition) is 0. The lowest BCUT2D eigenvalue weighted by Crippen LogP contribution is -2.32. The summed E-state index contributed by atoms with van der Waals surface area (Å²) in [6.07, 6.45) is 1.92. The van der Waals surface area contributed by atoms with Crippen molar-refractivity contribution in [1.29, 1.82) is 0 Å². The van der Waals surface area contributed by atoms with E-state index in [0.29, 0.717) is 0 Å². The van der Waals surface area contributed by atoms with Crippen molar-refractivity contribution in [2.75, 3.05) is 0 Å². The van der Waals surface area contributed by atoms with Crippen molar-refractivity contribution < 1.29 is 4.68 Å². The molecule has 0 aliphatic rings. The molecule has 0 aliphatic carbocycles. The highest BCUT2D eigenvalue weighted by atomic mass is 15.2. The Morgan fingerprint density at radius 2 is 1.77 bits per heavy atom. The van der Waals surface area contributed by atoms with Crippen LogP contribution >= 0.6 is 0 Å². The molecule has 2 aromatic rings. The maximum atomic E-state index is 4.36. The largest absolute Gasteiger partial charge is 0.196 e. The Hall–Kier alpha value is -1.70. The fourth-order valence-corrected chi connectivity index (χ4v) is 1.26. The van der Waals surface area contributed by atoms with E-state index in [-0.39, 0.29) is 0 Å². The van der Waals surface area contributed by atoms with Gasteiger partial charge in [0.15, 0.2) is 13.2 Å². The summed E-state index contributed by atoms with van der Waals surface area (Å²) in [7, 11) is 1.92. The molecular formula is C11H11N2+. The van der Waals surface area contributed by atoms with Crippen LogP contribution in [0.1, 0.15) is 0 Å². The Balaban J connectivity index is 2.48. The second kappa shape index (κ2) is 3.35. The normalized spacial score (nSPS) is 9.92. The third kappa shape index (κ3) is 1.72. The van der Waals surface area contributed by atoms with Crippen molar-refractivity contribution in [3.8, 4) is 11.3 Å². The Morgan fingerprint density at radius 3 is 2.46 bits per heavy atom. The Morgan fingerprint density at radius 1 is 1.00 bits per heavy atom. The van der Waals surface area contributed by atoms with Crippen molar-refractivity contribution in [2.45, 2.75) is 0 Å². The molecule has 0 aliphatic heterocycles. The highest BCUT2D eigenvalue weighted by molar-refractivity contribution is 5.57. The third-order valence-electron chi connectivity index (χ3n) is 1.89. The molecule has 0 atom stereocenters. The van der Waals surface area contributed by atoms with Crippen LogP contribution in [-0.2, 0) is 7.05 Å². The SMILES string of the molecule is C[n+]1cccc(-c2ccccc2)n1. The van der Waals surface area contributed by atoms with Gasteiger partial charge in [-0.3, -0.25) is 0 Å². The van der Waals surface area contributed by atoms with E-state index >= 15 is 0 Å². The molecular weight excluding hydrogens is 160 g/mol. The Kier molecular flexibility index (Phi) is 2.04. The van der Waals surface area contributed by atoms with E-state index in [2.05, 4.69) is 17.2 Å². The monoisotopic (exact) mass is 171 g/mol. The van der Waals surface area contributed by atoms with Gasteiger partial charge < -0.3 is 0 Å². The van der Waals surface area contributed by atoms with E-state index in [4.69, 9.17) is 0 Å². The lowest BCUT2D eigenvalue weighted by atomic mass is 10.1. The number of benzene rings is 1. The molecule has 2 heteroatoms. The number of aromatic nitrogens is 2. The van der Waals surface area contributed by atoms with Gasteiger partial charge in [0.05, 0.1) is 0 Å². The molecule has 0 unspecified atom stereocenters. The average molecular weight is 171 g/mol. The molecule has 2 nitrogen and oxygen atoms in total. The fraction of sp³-hybridized carbons (Fsp3) is 0.0909. The molecule has 1 heterocycles. The zero-order chi connectivity index (χ0) is 9.10. The molecule has 0 saturated carbocycles. The number of nitrogens with zero attached hydrogens (tertiary/aromatic N) is 2. The van der Waals surface area contributed by atoms with E-state index < -0.39 is 0 Å². The van der Waals surface area contributed by atoms with Gasteiger partial charge >= 0.3 is 0 Å². The summed E-state index contributed by atoms with van der Waals surface area (Å²) in [6, 6.07) is 14.2. The number of rotatable bonds is 1. The van der Waals surface area contributed by atoms with Crippen molar-refractivity contribution in [1.82, 2.24) is 5.10 Å². The van der Waals surface area contributed by atoms with Crippen LogP contribution in [0.3, 0.4) is 0 Å². The van der Waals surface area contributed by atoms with Crippen LogP contribution in [0.4, 0.5) is 0 Å². The molecule has 0 amide bonds. The summed E-state index contributed by atoms with van der Waals surface area (Å²) in [6.45, 7) is 0. The second-order valence-corrected chi connectivity index (χ2v) is 2.93. The molecule has 0 fully saturated rings. The van der Waals surface area contributed by atoms with Crippen LogP contribution in [0.15, 0.2) is 48.7 Å². The molecule has 0 N–H and O–H groups in total. The summed E-state index contributed by atoms with van der Waals surface area (Å²) < 4.78 is 1.81. The third-order valence-corrected chi connectivity index (χ3v) is 1.89. The molecule has 0 spiro atoms. The van der Waals surface area contributed by atoms with Crippen molar-refractivity contribution in [2.24, 2.45) is 7.05 Å². The minimum Gasteiger partial charge on any atom is -0.0934 e. The van der Waals surface area contributed by atoms with Crippen molar-refractivity contribution in [3.63, 3.8) is 0 Å². The predicted octanol–water partition coefficient (Wildman–Crippen LogP) is 1.57. The average Bonchev–Trinajstić information content (AvgIpc) is 2.19. The van der Waals surface area contributed by atoms with Gasteiger partial charge in [-0.1, -0.05) is 35.0 Å². The maximum absolute atomic E-state index is 4.36. The van der Waals surface area contributed by atoms with Crippen molar-refractivity contribution >= 4 is 0 Å². The van der Waals surface area contributed by atoms with Crippen LogP contribution in [0.2, 0.25) is 0 Å². The predicted molar refractivity (Wildman–Crippen MR) is 50.8 cm³/mol. The summed E-state index contributed by atoms with van der Waals surface area (Å²) >= 11 is 0. The first kappa shape index (κ1) is 7.92. The van der Waals surface area contributed by atoms with Crippen LogP contribution < -0.4 is 4.68 Å². The Bertz CT molecular complexity index is 396. The highest BCUT2D eigenvalue weighted by Gasteiger charge is 2.01. The van der Waals surface area contributed by atoms with Gasteiger partial charge in [-0.15, -0.1) is 0 Å².